The Labute approximate surface area is 166 Å². The molecule has 1 saturated heterocycles. The summed E-state index contributed by atoms with van der Waals surface area (Å²) < 4.78 is 36.2. The number of nitrogens with zero attached hydrogens (tertiary/aromatic N) is 2. The molecule has 156 valence electrons. The van der Waals surface area contributed by atoms with Crippen LogP contribution < -0.4 is 4.74 Å². The topological polar surface area (TPSA) is 93.2 Å². The standard InChI is InChI=1S/C19H28N2O6S/c1-13-7-6-8-14(2)21(13)18(22)12-27-19(23)15-9-10-16(26-5)17(11-15)28(24,25)20(3)4/h9-11,13-14H,6-8,12H2,1-5H3/t13-,14-/m1/s1. The van der Waals surface area contributed by atoms with E-state index in [9.17, 15) is 18.0 Å². The average molecular weight is 413 g/mol. The summed E-state index contributed by atoms with van der Waals surface area (Å²) in [5, 5.41) is 0. The number of rotatable bonds is 6. The smallest absolute Gasteiger partial charge is 0.338 e. The molecule has 2 rings (SSSR count). The number of piperidine rings is 1. The highest BCUT2D eigenvalue weighted by molar-refractivity contribution is 7.89. The van der Waals surface area contributed by atoms with Crippen LogP contribution in [0.1, 0.15) is 43.5 Å². The van der Waals surface area contributed by atoms with E-state index >= 15 is 0 Å². The maximum absolute atomic E-state index is 12.5. The molecular weight excluding hydrogens is 384 g/mol. The lowest BCUT2D eigenvalue weighted by Crippen LogP contribution is -2.49. The lowest BCUT2D eigenvalue weighted by molar-refractivity contribution is -0.140. The highest BCUT2D eigenvalue weighted by Gasteiger charge is 2.30. The Morgan fingerprint density at radius 3 is 2.32 bits per heavy atom. The summed E-state index contributed by atoms with van der Waals surface area (Å²) in [7, 11) is 0.312. The van der Waals surface area contributed by atoms with Crippen LogP contribution in [0.15, 0.2) is 23.1 Å². The summed E-state index contributed by atoms with van der Waals surface area (Å²) in [5.74, 6) is -0.886. The van der Waals surface area contributed by atoms with Gasteiger partial charge in [-0.3, -0.25) is 4.79 Å². The van der Waals surface area contributed by atoms with Crippen molar-refractivity contribution >= 4 is 21.9 Å². The molecule has 9 heteroatoms. The van der Waals surface area contributed by atoms with E-state index in [4.69, 9.17) is 9.47 Å². The lowest BCUT2D eigenvalue weighted by Gasteiger charge is -2.38. The van der Waals surface area contributed by atoms with Gasteiger partial charge in [0.1, 0.15) is 10.6 Å². The van der Waals surface area contributed by atoms with Crippen molar-refractivity contribution in [3.63, 3.8) is 0 Å². The minimum atomic E-state index is -3.81. The van der Waals surface area contributed by atoms with Gasteiger partial charge < -0.3 is 14.4 Å². The van der Waals surface area contributed by atoms with Gasteiger partial charge in [0.15, 0.2) is 6.61 Å². The zero-order valence-corrected chi connectivity index (χ0v) is 17.8. The molecule has 1 amide bonds. The molecule has 0 saturated carbocycles. The van der Waals surface area contributed by atoms with E-state index in [1.54, 1.807) is 4.90 Å². The zero-order valence-electron chi connectivity index (χ0n) is 17.0. The molecule has 1 aromatic rings. The highest BCUT2D eigenvalue weighted by Crippen LogP contribution is 2.27. The van der Waals surface area contributed by atoms with Crippen molar-refractivity contribution in [1.29, 1.82) is 0 Å². The summed E-state index contributed by atoms with van der Waals surface area (Å²) in [6, 6.07) is 4.21. The van der Waals surface area contributed by atoms with Crippen LogP contribution in [0.25, 0.3) is 0 Å². The van der Waals surface area contributed by atoms with E-state index < -0.39 is 16.0 Å². The number of esters is 1. The SMILES string of the molecule is COc1ccc(C(=O)OCC(=O)N2[C@H](C)CCC[C@H]2C)cc1S(=O)(=O)N(C)C. The van der Waals surface area contributed by atoms with Crippen LogP contribution in [0.4, 0.5) is 0 Å². The fourth-order valence-corrected chi connectivity index (χ4v) is 4.47. The second kappa shape index (κ2) is 8.91. The Morgan fingerprint density at radius 2 is 1.79 bits per heavy atom. The number of hydrogen-bond donors (Lipinski definition) is 0. The van der Waals surface area contributed by atoms with Gasteiger partial charge in [-0.2, -0.15) is 0 Å². The van der Waals surface area contributed by atoms with Gasteiger partial charge in [-0.05, 0) is 51.3 Å². The molecule has 28 heavy (non-hydrogen) atoms. The number of sulfonamides is 1. The van der Waals surface area contributed by atoms with E-state index in [-0.39, 0.29) is 40.8 Å². The third kappa shape index (κ3) is 4.64. The molecule has 0 unspecified atom stereocenters. The Morgan fingerprint density at radius 1 is 1.18 bits per heavy atom. The number of carbonyl (C=O) groups excluding carboxylic acids is 2. The number of likely N-dealkylation sites (tertiary alicyclic amines) is 1. The van der Waals surface area contributed by atoms with Gasteiger partial charge in [0.05, 0.1) is 12.7 Å². The van der Waals surface area contributed by atoms with Crippen LogP contribution in [0, 0.1) is 0 Å². The van der Waals surface area contributed by atoms with Crippen LogP contribution in [0.3, 0.4) is 0 Å². The van der Waals surface area contributed by atoms with Crippen molar-refractivity contribution in [1.82, 2.24) is 9.21 Å². The van der Waals surface area contributed by atoms with Gasteiger partial charge in [-0.25, -0.2) is 17.5 Å². The van der Waals surface area contributed by atoms with Crippen LogP contribution >= 0.6 is 0 Å². The van der Waals surface area contributed by atoms with Gasteiger partial charge in [0.25, 0.3) is 5.91 Å². The molecule has 0 spiro atoms. The molecule has 1 fully saturated rings. The molecule has 2 atom stereocenters. The van der Waals surface area contributed by atoms with Crippen LogP contribution in [-0.4, -0.2) is 69.4 Å². The summed E-state index contributed by atoms with van der Waals surface area (Å²) in [5.41, 5.74) is 0.0359. The van der Waals surface area contributed by atoms with E-state index in [2.05, 4.69) is 0 Å². The number of benzene rings is 1. The summed E-state index contributed by atoms with van der Waals surface area (Å²) in [6.45, 7) is 3.59. The summed E-state index contributed by atoms with van der Waals surface area (Å²) in [6.07, 6.45) is 2.92. The van der Waals surface area contributed by atoms with E-state index in [1.165, 1.54) is 39.4 Å². The average Bonchev–Trinajstić information content (AvgIpc) is 2.65. The minimum absolute atomic E-state index is 0.0359. The minimum Gasteiger partial charge on any atom is -0.495 e. The molecule has 1 heterocycles. The summed E-state index contributed by atoms with van der Waals surface area (Å²) >= 11 is 0. The van der Waals surface area contributed by atoms with Crippen LogP contribution in [-0.2, 0) is 19.6 Å². The first-order valence-electron chi connectivity index (χ1n) is 9.18. The van der Waals surface area contributed by atoms with Crippen molar-refractivity contribution in [3.8, 4) is 5.75 Å². The van der Waals surface area contributed by atoms with Gasteiger partial charge >= 0.3 is 5.97 Å². The molecule has 8 nitrogen and oxygen atoms in total. The van der Waals surface area contributed by atoms with Gasteiger partial charge in [-0.15, -0.1) is 0 Å². The fraction of sp³-hybridized carbons (Fsp3) is 0.579. The fourth-order valence-electron chi connectivity index (χ4n) is 3.40. The predicted molar refractivity (Wildman–Crippen MR) is 104 cm³/mol. The third-order valence-corrected chi connectivity index (χ3v) is 6.80. The Balaban J connectivity index is 2.15. The quantitative estimate of drug-likeness (QED) is 0.663. The number of methoxy groups -OCH3 is 1. The number of hydrogen-bond acceptors (Lipinski definition) is 6. The lowest BCUT2D eigenvalue weighted by atomic mass is 9.97. The molecule has 1 aliphatic heterocycles. The number of ether oxygens (including phenoxy) is 2. The first-order chi connectivity index (χ1) is 13.1. The maximum atomic E-state index is 12.5. The second-order valence-electron chi connectivity index (χ2n) is 7.16. The van der Waals surface area contributed by atoms with Crippen molar-refractivity contribution in [2.24, 2.45) is 0 Å². The second-order valence-corrected chi connectivity index (χ2v) is 9.28. The first kappa shape index (κ1) is 22.2. The van der Waals surface area contributed by atoms with Crippen LogP contribution in [0.2, 0.25) is 0 Å². The predicted octanol–water partition coefficient (Wildman–Crippen LogP) is 1.89. The Bertz CT molecular complexity index is 827. The van der Waals surface area contributed by atoms with Crippen molar-refractivity contribution in [2.75, 3.05) is 27.8 Å². The molecule has 0 aromatic heterocycles. The van der Waals surface area contributed by atoms with E-state index in [0.717, 1.165) is 23.6 Å². The van der Waals surface area contributed by atoms with Gasteiger partial charge in [0.2, 0.25) is 10.0 Å². The molecule has 1 aliphatic rings. The van der Waals surface area contributed by atoms with Crippen molar-refractivity contribution in [3.05, 3.63) is 23.8 Å². The molecule has 1 aromatic carbocycles. The van der Waals surface area contributed by atoms with E-state index in [0.29, 0.717) is 0 Å². The number of carbonyl (C=O) groups is 2. The zero-order chi connectivity index (χ0) is 21.1. The van der Waals surface area contributed by atoms with Crippen LogP contribution in [0.5, 0.6) is 5.75 Å². The van der Waals surface area contributed by atoms with Crippen molar-refractivity contribution < 1.29 is 27.5 Å². The first-order valence-corrected chi connectivity index (χ1v) is 10.6. The number of amides is 1. The third-order valence-electron chi connectivity index (χ3n) is 4.97. The Hall–Kier alpha value is -2.13. The molecule has 0 aliphatic carbocycles. The van der Waals surface area contributed by atoms with Gasteiger partial charge in [0, 0.05) is 26.2 Å². The molecular formula is C19H28N2O6S. The van der Waals surface area contributed by atoms with Gasteiger partial charge in [-0.1, -0.05) is 0 Å². The molecule has 0 N–H and O–H groups in total. The summed E-state index contributed by atoms with van der Waals surface area (Å²) in [4.78, 5) is 26.5. The maximum Gasteiger partial charge on any atom is 0.338 e. The normalized spacial score (nSPS) is 20.1. The Kier molecular flexibility index (Phi) is 7.06. The monoisotopic (exact) mass is 412 g/mol. The van der Waals surface area contributed by atoms with E-state index in [1.807, 2.05) is 13.8 Å². The van der Waals surface area contributed by atoms with Crippen molar-refractivity contribution in [2.45, 2.75) is 50.1 Å². The molecule has 0 radical (unpaired) electrons. The molecule has 0 bridgehead atoms. The largest absolute Gasteiger partial charge is 0.495 e. The highest BCUT2D eigenvalue weighted by atomic mass is 32.2.